The number of carboxylic acid groups (broad SMARTS) is 1. The van der Waals surface area contributed by atoms with Gasteiger partial charge >= 0.3 is 5.97 Å². The largest absolute Gasteiger partial charge is 0.481 e. The number of ether oxygens (including phenoxy) is 2. The van der Waals surface area contributed by atoms with Crippen LogP contribution in [0.4, 0.5) is 0 Å². The first kappa shape index (κ1) is 28.5. The summed E-state index contributed by atoms with van der Waals surface area (Å²) >= 11 is 12.2. The van der Waals surface area contributed by atoms with E-state index in [0.29, 0.717) is 60.8 Å². The van der Waals surface area contributed by atoms with Gasteiger partial charge in [0.05, 0.1) is 40.8 Å². The number of furan rings is 1. The Balaban J connectivity index is 1.09. The Bertz CT molecular complexity index is 1620. The lowest BCUT2D eigenvalue weighted by atomic mass is 10.1. The van der Waals surface area contributed by atoms with E-state index in [1.807, 2.05) is 6.92 Å². The zero-order chi connectivity index (χ0) is 29.4. The van der Waals surface area contributed by atoms with Gasteiger partial charge in [0.2, 0.25) is 0 Å². The molecule has 0 saturated carbocycles. The molecule has 1 N–H and O–H groups in total. The molecular formula is C30H30Cl2N4O6. The molecule has 42 heavy (non-hydrogen) atoms. The quantitative estimate of drug-likeness (QED) is 0.263. The standard InChI is InChI=1S/C30H30Cl2N4O6/c1-18(41-26-5-3-20(31)15-22(26)32)25-6-7-27(42-25)29(37)35-11-9-34(10-12-35)17-28-33-23-4-2-19(30(38)39)14-24(23)36(28)16-21-8-13-40-21/h2-7,14-15,18,21H,8-13,16-17H2,1H3,(H,38,39)/t18-,21?/m1/s1. The number of imidazole rings is 1. The number of amides is 1. The molecule has 220 valence electrons. The van der Waals surface area contributed by atoms with Crippen molar-refractivity contribution in [3.05, 3.63) is 81.5 Å². The summed E-state index contributed by atoms with van der Waals surface area (Å²) in [6, 6.07) is 13.4. The number of halogens is 2. The number of benzene rings is 2. The summed E-state index contributed by atoms with van der Waals surface area (Å²) in [4.78, 5) is 33.7. The molecule has 1 unspecified atom stereocenters. The van der Waals surface area contributed by atoms with Crippen LogP contribution in [-0.2, 0) is 17.8 Å². The van der Waals surface area contributed by atoms with Crippen LogP contribution in [0.15, 0.2) is 52.9 Å². The van der Waals surface area contributed by atoms with E-state index in [9.17, 15) is 14.7 Å². The highest BCUT2D eigenvalue weighted by molar-refractivity contribution is 6.35. The highest BCUT2D eigenvalue weighted by atomic mass is 35.5. The number of nitrogens with zero attached hydrogens (tertiary/aromatic N) is 4. The highest BCUT2D eigenvalue weighted by Crippen LogP contribution is 2.32. The number of fused-ring (bicyclic) bond motifs is 1. The smallest absolute Gasteiger partial charge is 0.335 e. The number of carboxylic acids is 1. The first-order valence-electron chi connectivity index (χ1n) is 13.8. The van der Waals surface area contributed by atoms with Crippen LogP contribution >= 0.6 is 23.2 Å². The van der Waals surface area contributed by atoms with Crippen LogP contribution < -0.4 is 4.74 Å². The van der Waals surface area contributed by atoms with Crippen LogP contribution in [0.5, 0.6) is 5.75 Å². The van der Waals surface area contributed by atoms with Gasteiger partial charge in [-0.25, -0.2) is 9.78 Å². The Kier molecular flexibility index (Phi) is 8.13. The number of aromatic carboxylic acids is 1. The van der Waals surface area contributed by atoms with Crippen LogP contribution in [0.2, 0.25) is 10.0 Å². The third-order valence-electron chi connectivity index (χ3n) is 7.71. The summed E-state index contributed by atoms with van der Waals surface area (Å²) < 4.78 is 19.5. The van der Waals surface area contributed by atoms with E-state index in [4.69, 9.17) is 42.1 Å². The molecule has 2 aliphatic rings. The molecule has 4 heterocycles. The zero-order valence-corrected chi connectivity index (χ0v) is 24.5. The summed E-state index contributed by atoms with van der Waals surface area (Å²) in [7, 11) is 0. The number of rotatable bonds is 9. The van der Waals surface area contributed by atoms with Crippen molar-refractivity contribution in [2.45, 2.75) is 38.6 Å². The van der Waals surface area contributed by atoms with Crippen LogP contribution in [0, 0.1) is 0 Å². The molecular weight excluding hydrogens is 583 g/mol. The van der Waals surface area contributed by atoms with Gasteiger partial charge < -0.3 is 28.5 Å². The van der Waals surface area contributed by atoms with Gasteiger partial charge in [-0.15, -0.1) is 0 Å². The van der Waals surface area contributed by atoms with Gasteiger partial charge in [0, 0.05) is 37.8 Å². The van der Waals surface area contributed by atoms with E-state index in [1.165, 1.54) is 0 Å². The number of hydrogen-bond donors (Lipinski definition) is 1. The third-order valence-corrected chi connectivity index (χ3v) is 8.24. The summed E-state index contributed by atoms with van der Waals surface area (Å²) in [5.41, 5.74) is 1.78. The molecule has 2 aliphatic heterocycles. The summed E-state index contributed by atoms with van der Waals surface area (Å²) in [5.74, 6) is 0.964. The lowest BCUT2D eigenvalue weighted by Crippen LogP contribution is -2.48. The lowest BCUT2D eigenvalue weighted by Gasteiger charge is -2.34. The molecule has 0 radical (unpaired) electrons. The van der Waals surface area contributed by atoms with Crippen LogP contribution in [0.25, 0.3) is 11.0 Å². The van der Waals surface area contributed by atoms with E-state index >= 15 is 0 Å². The van der Waals surface area contributed by atoms with E-state index in [-0.39, 0.29) is 23.3 Å². The normalized spacial score (nSPS) is 18.2. The molecule has 2 atom stereocenters. The van der Waals surface area contributed by atoms with Crippen LogP contribution in [0.1, 0.15) is 51.9 Å². The molecule has 2 aromatic carbocycles. The maximum absolute atomic E-state index is 13.2. The fourth-order valence-electron chi connectivity index (χ4n) is 5.23. The van der Waals surface area contributed by atoms with Gasteiger partial charge in [-0.3, -0.25) is 9.69 Å². The minimum absolute atomic E-state index is 0.0959. The van der Waals surface area contributed by atoms with Crippen LogP contribution in [-0.4, -0.2) is 75.2 Å². The predicted octanol–water partition coefficient (Wildman–Crippen LogP) is 5.52. The summed E-state index contributed by atoms with van der Waals surface area (Å²) in [6.45, 7) is 6.17. The van der Waals surface area contributed by atoms with Crippen molar-refractivity contribution >= 4 is 46.1 Å². The topological polar surface area (TPSA) is 110 Å². The SMILES string of the molecule is C[C@@H](Oc1ccc(Cl)cc1Cl)c1ccc(C(=O)N2CCN(Cc3nc4ccc(C(=O)O)cc4n3CC3CCO3)CC2)o1. The molecule has 12 heteroatoms. The number of aromatic nitrogens is 2. The average molecular weight is 613 g/mol. The molecule has 10 nitrogen and oxygen atoms in total. The van der Waals surface area contributed by atoms with Crippen molar-refractivity contribution in [3.63, 3.8) is 0 Å². The second-order valence-corrected chi connectivity index (χ2v) is 11.4. The fourth-order valence-corrected chi connectivity index (χ4v) is 5.69. The maximum Gasteiger partial charge on any atom is 0.335 e. The number of piperazine rings is 1. The van der Waals surface area contributed by atoms with Crippen molar-refractivity contribution in [2.24, 2.45) is 0 Å². The van der Waals surface area contributed by atoms with Gasteiger partial charge in [-0.05, 0) is 61.9 Å². The Labute approximate surface area is 252 Å². The number of hydrogen-bond acceptors (Lipinski definition) is 7. The monoisotopic (exact) mass is 612 g/mol. The fraction of sp³-hybridized carbons (Fsp3) is 0.367. The van der Waals surface area contributed by atoms with Gasteiger partial charge in [-0.2, -0.15) is 0 Å². The van der Waals surface area contributed by atoms with Gasteiger partial charge in [-0.1, -0.05) is 23.2 Å². The minimum Gasteiger partial charge on any atom is -0.481 e. The summed E-state index contributed by atoms with van der Waals surface area (Å²) in [6.07, 6.45) is 0.601. The molecule has 1 amide bonds. The Morgan fingerprint density at radius 1 is 1.10 bits per heavy atom. The van der Waals surface area contributed by atoms with Gasteiger partial charge in [0.15, 0.2) is 11.9 Å². The Morgan fingerprint density at radius 2 is 1.88 bits per heavy atom. The molecule has 2 saturated heterocycles. The maximum atomic E-state index is 13.2. The van der Waals surface area contributed by atoms with Crippen molar-refractivity contribution in [1.29, 1.82) is 0 Å². The number of carbonyl (C=O) groups excluding carboxylic acids is 1. The van der Waals surface area contributed by atoms with Gasteiger partial charge in [0.25, 0.3) is 5.91 Å². The first-order valence-corrected chi connectivity index (χ1v) is 14.6. The van der Waals surface area contributed by atoms with E-state index in [0.717, 1.165) is 29.9 Å². The third kappa shape index (κ3) is 5.98. The molecule has 4 aromatic rings. The first-order chi connectivity index (χ1) is 20.2. The second kappa shape index (κ2) is 12.0. The minimum atomic E-state index is -0.969. The summed E-state index contributed by atoms with van der Waals surface area (Å²) in [5, 5.41) is 10.4. The Morgan fingerprint density at radius 3 is 2.57 bits per heavy atom. The van der Waals surface area contributed by atoms with Crippen LogP contribution in [0.3, 0.4) is 0 Å². The molecule has 0 bridgehead atoms. The molecule has 2 aromatic heterocycles. The molecule has 2 fully saturated rings. The van der Waals surface area contributed by atoms with E-state index < -0.39 is 12.1 Å². The molecule has 0 spiro atoms. The van der Waals surface area contributed by atoms with Crippen molar-refractivity contribution < 1.29 is 28.6 Å². The van der Waals surface area contributed by atoms with Crippen molar-refractivity contribution in [2.75, 3.05) is 32.8 Å². The van der Waals surface area contributed by atoms with Crippen molar-refractivity contribution in [3.8, 4) is 5.75 Å². The van der Waals surface area contributed by atoms with E-state index in [2.05, 4.69) is 9.47 Å². The number of carbonyl (C=O) groups is 2. The molecule has 0 aliphatic carbocycles. The highest BCUT2D eigenvalue weighted by Gasteiger charge is 2.28. The average Bonchev–Trinajstić information content (AvgIpc) is 3.57. The zero-order valence-electron chi connectivity index (χ0n) is 23.0. The van der Waals surface area contributed by atoms with Crippen molar-refractivity contribution in [1.82, 2.24) is 19.4 Å². The molecule has 6 rings (SSSR count). The Hall–Kier alpha value is -3.57. The van der Waals surface area contributed by atoms with E-state index in [1.54, 1.807) is 53.4 Å². The second-order valence-electron chi connectivity index (χ2n) is 10.5. The van der Waals surface area contributed by atoms with Gasteiger partial charge in [0.1, 0.15) is 17.3 Å². The lowest BCUT2D eigenvalue weighted by molar-refractivity contribution is -0.0592. The predicted molar refractivity (Wildman–Crippen MR) is 156 cm³/mol.